The Hall–Kier alpha value is -3.35. The van der Waals surface area contributed by atoms with E-state index >= 15 is 0 Å². The topological polar surface area (TPSA) is 46.5 Å². The van der Waals surface area contributed by atoms with Crippen LogP contribution < -0.4 is 4.74 Å². The molecule has 0 unspecified atom stereocenters. The highest BCUT2D eigenvalue weighted by molar-refractivity contribution is 5.72. The average Bonchev–Trinajstić information content (AvgIpc) is 2.92. The lowest BCUT2D eigenvalue weighted by atomic mass is 9.97. The number of aliphatic carboxylic acids is 1. The minimum atomic E-state index is -1.23. The van der Waals surface area contributed by atoms with Crippen LogP contribution >= 0.6 is 0 Å². The number of carbonyl (C=O) groups is 1. The molecule has 3 nitrogen and oxygen atoms in total. The zero-order valence-electron chi connectivity index (χ0n) is 22.4. The van der Waals surface area contributed by atoms with Gasteiger partial charge in [0.05, 0.1) is 6.61 Å². The summed E-state index contributed by atoms with van der Waals surface area (Å²) in [5.41, 5.74) is 0.0387. The summed E-state index contributed by atoms with van der Waals surface area (Å²) in [6, 6.07) is 12.0. The number of unbranched alkanes of at least 4 members (excludes halogenated alkanes) is 7. The van der Waals surface area contributed by atoms with Crippen molar-refractivity contribution >= 4 is 5.97 Å². The van der Waals surface area contributed by atoms with Crippen molar-refractivity contribution in [2.24, 2.45) is 0 Å². The third kappa shape index (κ3) is 8.57. The number of rotatable bonds is 16. The maximum Gasteiger partial charge on any atom is 0.303 e. The minimum absolute atomic E-state index is 0.0224. The van der Waals surface area contributed by atoms with Gasteiger partial charge in [-0.25, -0.2) is 17.6 Å². The predicted octanol–water partition coefficient (Wildman–Crippen LogP) is 9.50. The van der Waals surface area contributed by atoms with Crippen LogP contribution in [0.25, 0.3) is 22.3 Å². The number of ether oxygens (including phenoxy) is 1. The molecule has 0 aliphatic heterocycles. The van der Waals surface area contributed by atoms with Gasteiger partial charge in [0, 0.05) is 23.1 Å². The van der Waals surface area contributed by atoms with Crippen LogP contribution in [-0.4, -0.2) is 17.7 Å². The monoisotopic (exact) mass is 544 g/mol. The van der Waals surface area contributed by atoms with E-state index in [1.165, 1.54) is 24.3 Å². The summed E-state index contributed by atoms with van der Waals surface area (Å²) < 4.78 is 64.7. The Morgan fingerprint density at radius 1 is 0.667 bits per heavy atom. The molecule has 0 aromatic heterocycles. The average molecular weight is 545 g/mol. The Kier molecular flexibility index (Phi) is 11.8. The third-order valence-corrected chi connectivity index (χ3v) is 6.77. The van der Waals surface area contributed by atoms with Gasteiger partial charge in [-0.05, 0) is 42.5 Å². The number of hydrogen-bond donors (Lipinski definition) is 1. The zero-order chi connectivity index (χ0) is 28.2. The fourth-order valence-electron chi connectivity index (χ4n) is 4.60. The van der Waals surface area contributed by atoms with Crippen molar-refractivity contribution in [3.8, 4) is 28.0 Å². The Morgan fingerprint density at radius 2 is 1.18 bits per heavy atom. The summed E-state index contributed by atoms with van der Waals surface area (Å²) in [4.78, 5) is 10.5. The number of carboxylic acid groups (broad SMARTS) is 1. The van der Waals surface area contributed by atoms with E-state index in [0.29, 0.717) is 30.8 Å². The molecule has 0 aliphatic rings. The number of benzene rings is 3. The van der Waals surface area contributed by atoms with Crippen molar-refractivity contribution in [1.82, 2.24) is 0 Å². The number of aryl methyl sites for hydroxylation is 1. The van der Waals surface area contributed by atoms with Gasteiger partial charge in [0.25, 0.3) is 0 Å². The SMILES string of the molecule is CCCc1ccc(-c2ccc(-c3ccc(OCCCCCCCCCCC(=O)O)cc3)c(F)c2F)c(F)c1F. The number of carboxylic acids is 1. The first-order valence-corrected chi connectivity index (χ1v) is 13.7. The molecule has 0 amide bonds. The van der Waals surface area contributed by atoms with E-state index < -0.39 is 29.2 Å². The van der Waals surface area contributed by atoms with Gasteiger partial charge in [-0.3, -0.25) is 4.79 Å². The first-order chi connectivity index (χ1) is 18.8. The van der Waals surface area contributed by atoms with Gasteiger partial charge in [0.15, 0.2) is 23.3 Å². The van der Waals surface area contributed by atoms with Crippen molar-refractivity contribution in [2.75, 3.05) is 6.61 Å². The molecule has 0 radical (unpaired) electrons. The van der Waals surface area contributed by atoms with E-state index in [0.717, 1.165) is 51.4 Å². The van der Waals surface area contributed by atoms with Crippen LogP contribution in [0, 0.1) is 23.3 Å². The van der Waals surface area contributed by atoms with Crippen molar-refractivity contribution in [2.45, 2.75) is 77.6 Å². The largest absolute Gasteiger partial charge is 0.494 e. The summed E-state index contributed by atoms with van der Waals surface area (Å²) in [5.74, 6) is -4.67. The maximum atomic E-state index is 15.0. The minimum Gasteiger partial charge on any atom is -0.494 e. The van der Waals surface area contributed by atoms with Crippen LogP contribution in [0.2, 0.25) is 0 Å². The van der Waals surface area contributed by atoms with Crippen LogP contribution in [-0.2, 0) is 11.2 Å². The molecule has 0 saturated heterocycles. The quantitative estimate of drug-likeness (QED) is 0.144. The molecule has 0 atom stereocenters. The summed E-state index contributed by atoms with van der Waals surface area (Å²) in [6.45, 7) is 2.40. The highest BCUT2D eigenvalue weighted by Gasteiger charge is 2.21. The molecule has 39 heavy (non-hydrogen) atoms. The summed E-state index contributed by atoms with van der Waals surface area (Å²) >= 11 is 0. The van der Waals surface area contributed by atoms with Crippen molar-refractivity contribution in [3.05, 3.63) is 77.4 Å². The molecule has 0 bridgehead atoms. The first-order valence-electron chi connectivity index (χ1n) is 13.7. The van der Waals surface area contributed by atoms with Crippen LogP contribution in [0.3, 0.4) is 0 Å². The standard InChI is InChI=1S/C32H36F4O3/c1-2-11-23-15-18-26(31(35)29(23)33)27-20-19-25(30(34)32(27)36)22-13-16-24(17-14-22)39-21-10-8-6-4-3-5-7-9-12-28(37)38/h13-20H,2-12,21H2,1H3,(H,37,38). The number of halogens is 4. The van der Waals surface area contributed by atoms with Crippen molar-refractivity contribution in [3.63, 3.8) is 0 Å². The molecule has 3 aromatic rings. The zero-order valence-corrected chi connectivity index (χ0v) is 22.4. The van der Waals surface area contributed by atoms with E-state index in [9.17, 15) is 22.4 Å². The number of hydrogen-bond acceptors (Lipinski definition) is 2. The highest BCUT2D eigenvalue weighted by atomic mass is 19.2. The maximum absolute atomic E-state index is 15.0. The van der Waals surface area contributed by atoms with Crippen molar-refractivity contribution < 1.29 is 32.2 Å². The van der Waals surface area contributed by atoms with E-state index in [1.807, 2.05) is 6.92 Å². The molecule has 0 saturated carbocycles. The van der Waals surface area contributed by atoms with Gasteiger partial charge in [0.2, 0.25) is 0 Å². The Morgan fingerprint density at radius 3 is 1.79 bits per heavy atom. The second kappa shape index (κ2) is 15.3. The summed E-state index contributed by atoms with van der Waals surface area (Å²) in [6.07, 6.45) is 9.26. The lowest BCUT2D eigenvalue weighted by molar-refractivity contribution is -0.137. The Labute approximate surface area is 227 Å². The highest BCUT2D eigenvalue weighted by Crippen LogP contribution is 2.34. The molecular weight excluding hydrogens is 508 g/mol. The van der Waals surface area contributed by atoms with Gasteiger partial charge in [0.1, 0.15) is 5.75 Å². The molecule has 3 aromatic carbocycles. The second-order valence-corrected chi connectivity index (χ2v) is 9.78. The van der Waals surface area contributed by atoms with Crippen LogP contribution in [0.4, 0.5) is 17.6 Å². The fraction of sp³-hybridized carbons (Fsp3) is 0.406. The molecule has 1 N–H and O–H groups in total. The Bertz CT molecular complexity index is 1230. The molecule has 3 rings (SSSR count). The lowest BCUT2D eigenvalue weighted by Crippen LogP contribution is -2.00. The van der Waals surface area contributed by atoms with E-state index in [2.05, 4.69) is 0 Å². The molecule has 0 fully saturated rings. The van der Waals surface area contributed by atoms with Gasteiger partial charge < -0.3 is 9.84 Å². The van der Waals surface area contributed by atoms with Gasteiger partial charge in [-0.2, -0.15) is 0 Å². The fourth-order valence-corrected chi connectivity index (χ4v) is 4.60. The first kappa shape index (κ1) is 30.2. The Balaban J connectivity index is 1.50. The van der Waals surface area contributed by atoms with Gasteiger partial charge >= 0.3 is 5.97 Å². The molecule has 0 spiro atoms. The smallest absolute Gasteiger partial charge is 0.303 e. The molecule has 0 heterocycles. The predicted molar refractivity (Wildman–Crippen MR) is 146 cm³/mol. The lowest BCUT2D eigenvalue weighted by Gasteiger charge is -2.12. The van der Waals surface area contributed by atoms with E-state index in [1.54, 1.807) is 24.3 Å². The summed E-state index contributed by atoms with van der Waals surface area (Å²) in [7, 11) is 0. The molecule has 7 heteroatoms. The summed E-state index contributed by atoms with van der Waals surface area (Å²) in [5, 5.41) is 8.62. The molecular formula is C32H36F4O3. The van der Waals surface area contributed by atoms with Gasteiger partial charge in [-0.15, -0.1) is 0 Å². The molecule has 210 valence electrons. The van der Waals surface area contributed by atoms with E-state index in [-0.39, 0.29) is 28.7 Å². The normalized spacial score (nSPS) is 11.1. The third-order valence-electron chi connectivity index (χ3n) is 6.77. The molecule has 0 aliphatic carbocycles. The van der Waals surface area contributed by atoms with Crippen LogP contribution in [0.1, 0.15) is 76.7 Å². The van der Waals surface area contributed by atoms with Gasteiger partial charge in [-0.1, -0.05) is 88.3 Å². The second-order valence-electron chi connectivity index (χ2n) is 9.78. The van der Waals surface area contributed by atoms with Crippen LogP contribution in [0.5, 0.6) is 5.75 Å². The van der Waals surface area contributed by atoms with E-state index in [4.69, 9.17) is 9.84 Å². The van der Waals surface area contributed by atoms with Crippen LogP contribution in [0.15, 0.2) is 48.5 Å². The van der Waals surface area contributed by atoms with Crippen molar-refractivity contribution in [1.29, 1.82) is 0 Å².